The van der Waals surface area contributed by atoms with Gasteiger partial charge in [-0.05, 0) is 62.0 Å². The fourth-order valence-corrected chi connectivity index (χ4v) is 10.1. The molecule has 298 valence electrons. The zero-order valence-electron chi connectivity index (χ0n) is 31.2. The van der Waals surface area contributed by atoms with Crippen LogP contribution >= 0.6 is 0 Å². The van der Waals surface area contributed by atoms with Crippen molar-refractivity contribution in [2.24, 2.45) is 11.8 Å². The quantitative estimate of drug-likeness (QED) is 0.308. The molecule has 0 spiro atoms. The average Bonchev–Trinajstić information content (AvgIpc) is 3.76. The highest BCUT2D eigenvalue weighted by atomic mass is 16.6. The van der Waals surface area contributed by atoms with Gasteiger partial charge in [0.1, 0.15) is 42.1 Å². The highest BCUT2D eigenvalue weighted by molar-refractivity contribution is 5.79. The van der Waals surface area contributed by atoms with E-state index in [4.69, 9.17) is 33.2 Å². The Balaban J connectivity index is 1.11. The minimum Gasteiger partial charge on any atom is -0.394 e. The third-order valence-electron chi connectivity index (χ3n) is 13.1. The number of Topliss-reactive ketones (excluding diaryl/α,β-unsaturated/α-hetero) is 2. The number of methoxy groups -OCH3 is 1. The maximum atomic E-state index is 13.9. The molecule has 7 fully saturated rings. The van der Waals surface area contributed by atoms with Crippen molar-refractivity contribution >= 4 is 11.6 Å². The van der Waals surface area contributed by atoms with Crippen LogP contribution < -0.4 is 0 Å². The van der Waals surface area contributed by atoms with Gasteiger partial charge in [0.2, 0.25) is 0 Å². The fourth-order valence-electron chi connectivity index (χ4n) is 10.1. The van der Waals surface area contributed by atoms with Gasteiger partial charge >= 0.3 is 0 Å². The molecule has 0 radical (unpaired) electrons. The predicted molar refractivity (Wildman–Crippen MR) is 189 cm³/mol. The van der Waals surface area contributed by atoms with Gasteiger partial charge in [-0.3, -0.25) is 9.59 Å². The van der Waals surface area contributed by atoms with Gasteiger partial charge in [-0.1, -0.05) is 20.1 Å². The lowest BCUT2D eigenvalue weighted by Crippen LogP contribution is -2.61. The van der Waals surface area contributed by atoms with E-state index in [2.05, 4.69) is 20.1 Å². The molecule has 53 heavy (non-hydrogen) atoms. The predicted octanol–water partition coefficient (Wildman–Crippen LogP) is 2.27. The van der Waals surface area contributed by atoms with Gasteiger partial charge in [0.05, 0.1) is 73.8 Å². The van der Waals surface area contributed by atoms with Gasteiger partial charge in [-0.2, -0.15) is 0 Å². The maximum absolute atomic E-state index is 13.9. The Morgan fingerprint density at radius 1 is 0.736 bits per heavy atom. The molecule has 8 bridgehead atoms. The van der Waals surface area contributed by atoms with Crippen LogP contribution in [0.4, 0.5) is 0 Å². The molecule has 0 saturated carbocycles. The Hall–Kier alpha value is -1.62. The van der Waals surface area contributed by atoms with Crippen molar-refractivity contribution in [2.75, 3.05) is 13.7 Å². The number of hydrogen-bond donors (Lipinski definition) is 4. The summed E-state index contributed by atoms with van der Waals surface area (Å²) in [5.74, 6) is -0.221. The SMILES string of the molecule is C=C1CC2CCC(=O)CC3OC4C(O)C5OC(CCC5OC4C3O)CC(=O)CC3C(CC4OC(CCC1O2)CC(C)C4=C)OC(CC(O)CO)C3OC. The Kier molecular flexibility index (Phi) is 12.6. The first-order chi connectivity index (χ1) is 25.4. The van der Waals surface area contributed by atoms with Crippen LogP contribution in [-0.4, -0.2) is 143 Å². The molecule has 0 aliphatic carbocycles. The van der Waals surface area contributed by atoms with Crippen LogP contribution in [0, 0.1) is 11.8 Å². The lowest BCUT2D eigenvalue weighted by atomic mass is 9.81. The molecule has 13 heteroatoms. The van der Waals surface area contributed by atoms with Crippen molar-refractivity contribution in [3.05, 3.63) is 24.3 Å². The summed E-state index contributed by atoms with van der Waals surface area (Å²) in [4.78, 5) is 27.0. The van der Waals surface area contributed by atoms with E-state index in [9.17, 15) is 30.0 Å². The number of carbonyl (C=O) groups excluding carboxylic acids is 2. The van der Waals surface area contributed by atoms with Crippen molar-refractivity contribution < 1.29 is 63.2 Å². The highest BCUT2D eigenvalue weighted by Crippen LogP contribution is 2.43. The normalized spacial score (nSPS) is 47.7. The zero-order valence-corrected chi connectivity index (χ0v) is 31.2. The first-order valence-corrected chi connectivity index (χ1v) is 19.9. The summed E-state index contributed by atoms with van der Waals surface area (Å²) in [6, 6.07) is 0. The standard InChI is InChI=1S/C40H60O13/c1-19-11-26-7-9-29-20(2)12-25(48-29)6-5-22(42)15-33-35(45)39-40(53-33)36(46)38-30(52-39)10-8-27(50-38)13-23(43)14-28-32(17-31(49-26)21(19)3)51-34(37(28)47-4)16-24(44)18-41/h19,24-41,44-46H,2-3,5-18H2,1,4H3. The van der Waals surface area contributed by atoms with E-state index in [0.717, 1.165) is 30.4 Å². The van der Waals surface area contributed by atoms with Crippen LogP contribution in [0.2, 0.25) is 0 Å². The number of carbonyl (C=O) groups is 2. The number of hydrogen-bond acceptors (Lipinski definition) is 13. The monoisotopic (exact) mass is 748 g/mol. The summed E-state index contributed by atoms with van der Waals surface area (Å²) in [5, 5.41) is 42.6. The first-order valence-electron chi connectivity index (χ1n) is 19.9. The molecule has 7 rings (SSSR count). The summed E-state index contributed by atoms with van der Waals surface area (Å²) >= 11 is 0. The number of aliphatic hydroxyl groups is 4. The van der Waals surface area contributed by atoms with E-state index in [-0.39, 0.29) is 79.9 Å². The largest absolute Gasteiger partial charge is 0.394 e. The summed E-state index contributed by atoms with van der Waals surface area (Å²) in [7, 11) is 1.58. The number of ketones is 2. The summed E-state index contributed by atoms with van der Waals surface area (Å²) in [6.45, 7) is 10.4. The summed E-state index contributed by atoms with van der Waals surface area (Å²) in [5.41, 5.74) is 2.00. The molecule has 7 heterocycles. The second-order valence-corrected chi connectivity index (χ2v) is 16.8. The lowest BCUT2D eigenvalue weighted by Gasteiger charge is -2.46. The van der Waals surface area contributed by atoms with Crippen molar-refractivity contribution in [3.8, 4) is 0 Å². The van der Waals surface area contributed by atoms with E-state index in [1.165, 1.54) is 0 Å². The molecule has 7 aliphatic heterocycles. The Bertz CT molecular complexity index is 1340. The van der Waals surface area contributed by atoms with Gasteiger partial charge < -0.3 is 53.6 Å². The Morgan fingerprint density at radius 3 is 2.23 bits per heavy atom. The fraction of sp³-hybridized carbons (Fsp3) is 0.850. The van der Waals surface area contributed by atoms with Gasteiger partial charge in [0, 0.05) is 51.6 Å². The Labute approximate surface area is 312 Å². The number of rotatable bonds is 4. The molecule has 4 N–H and O–H groups in total. The second-order valence-electron chi connectivity index (χ2n) is 16.8. The first kappa shape index (κ1) is 39.6. The average molecular weight is 749 g/mol. The van der Waals surface area contributed by atoms with E-state index in [1.807, 2.05) is 0 Å². The maximum Gasteiger partial charge on any atom is 0.135 e. The molecule has 0 amide bonds. The molecular formula is C40H60O13. The minimum atomic E-state index is -1.10. The van der Waals surface area contributed by atoms with Crippen molar-refractivity contribution in [3.63, 3.8) is 0 Å². The molecule has 0 aromatic heterocycles. The smallest absolute Gasteiger partial charge is 0.135 e. The van der Waals surface area contributed by atoms with Crippen LogP contribution in [0.5, 0.6) is 0 Å². The van der Waals surface area contributed by atoms with E-state index in [1.54, 1.807) is 7.11 Å². The van der Waals surface area contributed by atoms with E-state index < -0.39 is 79.9 Å². The zero-order chi connectivity index (χ0) is 37.6. The number of fused-ring (bicyclic) bond motifs is 7. The molecule has 0 aromatic carbocycles. The molecule has 7 saturated heterocycles. The van der Waals surface area contributed by atoms with Crippen LogP contribution in [-0.2, 0) is 42.7 Å². The van der Waals surface area contributed by atoms with Gasteiger partial charge in [-0.15, -0.1) is 0 Å². The number of aliphatic hydroxyl groups excluding tert-OH is 4. The van der Waals surface area contributed by atoms with Crippen molar-refractivity contribution in [1.29, 1.82) is 0 Å². The molecule has 18 unspecified atom stereocenters. The minimum absolute atomic E-state index is 0.00643. The third-order valence-corrected chi connectivity index (χ3v) is 13.1. The lowest BCUT2D eigenvalue weighted by molar-refractivity contribution is -0.259. The molecule has 18 atom stereocenters. The molecule has 0 aromatic rings. The van der Waals surface area contributed by atoms with Crippen LogP contribution in [0.3, 0.4) is 0 Å². The Morgan fingerprint density at radius 2 is 1.45 bits per heavy atom. The van der Waals surface area contributed by atoms with E-state index >= 15 is 0 Å². The molecule has 7 aliphatic rings. The van der Waals surface area contributed by atoms with E-state index in [0.29, 0.717) is 32.1 Å². The van der Waals surface area contributed by atoms with Crippen LogP contribution in [0.1, 0.15) is 90.4 Å². The van der Waals surface area contributed by atoms with Crippen molar-refractivity contribution in [1.82, 2.24) is 0 Å². The number of ether oxygens (including phenoxy) is 7. The van der Waals surface area contributed by atoms with Gasteiger partial charge in [-0.25, -0.2) is 0 Å². The molecular weight excluding hydrogens is 688 g/mol. The summed E-state index contributed by atoms with van der Waals surface area (Å²) in [6.07, 6.45) is -3.55. The van der Waals surface area contributed by atoms with Gasteiger partial charge in [0.15, 0.2) is 0 Å². The second kappa shape index (κ2) is 16.9. The van der Waals surface area contributed by atoms with Crippen LogP contribution in [0.15, 0.2) is 24.3 Å². The highest BCUT2D eigenvalue weighted by Gasteiger charge is 2.57. The third kappa shape index (κ3) is 8.56. The van der Waals surface area contributed by atoms with Crippen molar-refractivity contribution in [2.45, 2.75) is 188 Å². The van der Waals surface area contributed by atoms with Gasteiger partial charge in [0.25, 0.3) is 0 Å². The van der Waals surface area contributed by atoms with Crippen LogP contribution in [0.25, 0.3) is 0 Å². The topological polar surface area (TPSA) is 180 Å². The summed E-state index contributed by atoms with van der Waals surface area (Å²) < 4.78 is 44.3. The molecule has 13 nitrogen and oxygen atoms in total.